The van der Waals surface area contributed by atoms with Gasteiger partial charge in [-0.3, -0.25) is 0 Å². The van der Waals surface area contributed by atoms with Crippen molar-refractivity contribution in [2.24, 2.45) is 0 Å². The number of unbranched alkanes of at least 4 members (excludes halogenated alkanes) is 13. The van der Waals surface area contributed by atoms with Crippen LogP contribution in [0.15, 0.2) is 0 Å². The van der Waals surface area contributed by atoms with Crippen LogP contribution in [0.4, 0.5) is 0 Å². The van der Waals surface area contributed by atoms with Crippen molar-refractivity contribution in [3.63, 3.8) is 0 Å². The van der Waals surface area contributed by atoms with Crippen LogP contribution in [0.1, 0.15) is 103 Å². The van der Waals surface area contributed by atoms with Gasteiger partial charge in [0.2, 0.25) is 0 Å². The van der Waals surface area contributed by atoms with E-state index >= 15 is 0 Å². The molecule has 3 N–H and O–H groups in total. The molecule has 0 aromatic heterocycles. The molecule has 0 aliphatic carbocycles. The second kappa shape index (κ2) is 22.6. The van der Waals surface area contributed by atoms with E-state index in [0.717, 1.165) is 6.42 Å². The van der Waals surface area contributed by atoms with Gasteiger partial charge in [0, 0.05) is 0 Å². The van der Waals surface area contributed by atoms with Crippen molar-refractivity contribution < 1.29 is 0 Å². The summed E-state index contributed by atoms with van der Waals surface area (Å²) in [6, 6.07) is 0. The average Bonchev–Trinajstić information content (AvgIpc) is 2.47. The SMILES string of the molecule is N.[CH2]CCCCCCCCCCCCCCSCCCC. The molecule has 0 spiro atoms. The molecule has 0 aliphatic rings. The van der Waals surface area contributed by atoms with Crippen molar-refractivity contribution in [1.82, 2.24) is 6.15 Å². The Kier molecular flexibility index (Phi) is 25.4. The molecule has 129 valence electrons. The average molecular weight is 317 g/mol. The Hall–Kier alpha value is 0.310. The van der Waals surface area contributed by atoms with Crippen LogP contribution in [0.2, 0.25) is 0 Å². The Bertz CT molecular complexity index is 144. The third kappa shape index (κ3) is 22.7. The molecule has 0 fully saturated rings. The van der Waals surface area contributed by atoms with Gasteiger partial charge in [0.15, 0.2) is 0 Å². The fraction of sp³-hybridized carbons (Fsp3) is 0.947. The molecular weight excluding hydrogens is 274 g/mol. The topological polar surface area (TPSA) is 35.0 Å². The van der Waals surface area contributed by atoms with Crippen LogP contribution in [0.5, 0.6) is 0 Å². The van der Waals surface area contributed by atoms with E-state index in [4.69, 9.17) is 0 Å². The van der Waals surface area contributed by atoms with Gasteiger partial charge in [-0.2, -0.15) is 11.8 Å². The standard InChI is InChI=1S/C19H39S.H3N/c1-3-5-7-8-9-10-11-12-13-14-15-16-17-19-20-18-6-4-2;/h1,3-19H2,2H3;1H3. The van der Waals surface area contributed by atoms with Gasteiger partial charge in [0.25, 0.3) is 0 Å². The second-order valence-electron chi connectivity index (χ2n) is 6.06. The maximum Gasteiger partial charge on any atom is -0.00675 e. The van der Waals surface area contributed by atoms with E-state index < -0.39 is 0 Å². The number of thioether (sulfide) groups is 1. The molecule has 0 aromatic rings. The molecule has 0 unspecified atom stereocenters. The Labute approximate surface area is 140 Å². The Morgan fingerprint density at radius 1 is 0.571 bits per heavy atom. The van der Waals surface area contributed by atoms with Crippen LogP contribution in [0.3, 0.4) is 0 Å². The zero-order valence-corrected chi connectivity index (χ0v) is 15.7. The predicted octanol–water partition coefficient (Wildman–Crippen LogP) is 7.59. The van der Waals surface area contributed by atoms with Crippen LogP contribution >= 0.6 is 11.8 Å². The normalized spacial score (nSPS) is 10.6. The van der Waals surface area contributed by atoms with E-state index in [9.17, 15) is 0 Å². The largest absolute Gasteiger partial charge is 0.344 e. The molecule has 0 bridgehead atoms. The van der Waals surface area contributed by atoms with Gasteiger partial charge < -0.3 is 6.15 Å². The van der Waals surface area contributed by atoms with Crippen LogP contribution in [0.25, 0.3) is 0 Å². The molecule has 0 aliphatic heterocycles. The van der Waals surface area contributed by atoms with Crippen molar-refractivity contribution in [3.05, 3.63) is 6.92 Å². The minimum absolute atomic E-state index is 0. The lowest BCUT2D eigenvalue weighted by Crippen LogP contribution is -1.85. The predicted molar refractivity (Wildman–Crippen MR) is 103 cm³/mol. The summed E-state index contributed by atoms with van der Waals surface area (Å²) in [5.41, 5.74) is 0. The number of hydrogen-bond acceptors (Lipinski definition) is 2. The van der Waals surface area contributed by atoms with Crippen molar-refractivity contribution >= 4 is 11.8 Å². The molecule has 0 heterocycles. The number of hydrogen-bond donors (Lipinski definition) is 1. The quantitative estimate of drug-likeness (QED) is 0.280. The van der Waals surface area contributed by atoms with Crippen molar-refractivity contribution in [1.29, 1.82) is 0 Å². The van der Waals surface area contributed by atoms with Crippen LogP contribution in [-0.4, -0.2) is 11.5 Å². The lowest BCUT2D eigenvalue weighted by atomic mass is 10.1. The lowest BCUT2D eigenvalue weighted by molar-refractivity contribution is 0.545. The van der Waals surface area contributed by atoms with E-state index in [1.807, 2.05) is 0 Å². The summed E-state index contributed by atoms with van der Waals surface area (Å²) in [5.74, 6) is 2.78. The van der Waals surface area contributed by atoms with E-state index in [2.05, 4.69) is 25.6 Å². The highest BCUT2D eigenvalue weighted by atomic mass is 32.2. The fourth-order valence-corrected chi connectivity index (χ4v) is 3.60. The summed E-state index contributed by atoms with van der Waals surface area (Å²) >= 11 is 2.16. The maximum atomic E-state index is 3.89. The Balaban J connectivity index is 0. The third-order valence-corrected chi connectivity index (χ3v) is 5.09. The highest BCUT2D eigenvalue weighted by Crippen LogP contribution is 2.14. The first-order chi connectivity index (χ1) is 9.91. The highest BCUT2D eigenvalue weighted by Gasteiger charge is 1.94. The van der Waals surface area contributed by atoms with Crippen LogP contribution in [0, 0.1) is 6.92 Å². The molecular formula is C19H42NS. The summed E-state index contributed by atoms with van der Waals surface area (Å²) in [5, 5.41) is 0. The van der Waals surface area contributed by atoms with Gasteiger partial charge in [-0.15, -0.1) is 0 Å². The number of rotatable bonds is 17. The Morgan fingerprint density at radius 3 is 1.38 bits per heavy atom. The minimum Gasteiger partial charge on any atom is -0.344 e. The van der Waals surface area contributed by atoms with Gasteiger partial charge in [0.05, 0.1) is 0 Å². The summed E-state index contributed by atoms with van der Waals surface area (Å²) in [6.07, 6.45) is 21.2. The minimum atomic E-state index is 0. The molecule has 0 rings (SSSR count). The zero-order valence-electron chi connectivity index (χ0n) is 14.8. The Morgan fingerprint density at radius 2 is 0.952 bits per heavy atom. The monoisotopic (exact) mass is 316 g/mol. The van der Waals surface area contributed by atoms with Gasteiger partial charge >= 0.3 is 0 Å². The van der Waals surface area contributed by atoms with Crippen molar-refractivity contribution in [3.8, 4) is 0 Å². The van der Waals surface area contributed by atoms with Gasteiger partial charge in [-0.05, 0) is 24.3 Å². The lowest BCUT2D eigenvalue weighted by Gasteiger charge is -2.03. The fourth-order valence-electron chi connectivity index (χ4n) is 2.50. The van der Waals surface area contributed by atoms with Crippen molar-refractivity contribution in [2.75, 3.05) is 11.5 Å². The third-order valence-electron chi connectivity index (χ3n) is 3.93. The van der Waals surface area contributed by atoms with Gasteiger partial charge in [-0.25, -0.2) is 0 Å². The molecule has 0 amide bonds. The van der Waals surface area contributed by atoms with E-state index in [1.165, 1.54) is 101 Å². The molecule has 0 aromatic carbocycles. The van der Waals surface area contributed by atoms with Crippen LogP contribution < -0.4 is 6.15 Å². The highest BCUT2D eigenvalue weighted by molar-refractivity contribution is 7.99. The molecule has 1 nitrogen and oxygen atoms in total. The summed E-state index contributed by atoms with van der Waals surface area (Å²) in [4.78, 5) is 0. The van der Waals surface area contributed by atoms with E-state index in [-0.39, 0.29) is 6.15 Å². The summed E-state index contributed by atoms with van der Waals surface area (Å²) in [7, 11) is 0. The van der Waals surface area contributed by atoms with Gasteiger partial charge in [0.1, 0.15) is 0 Å². The molecule has 1 radical (unpaired) electrons. The summed E-state index contributed by atoms with van der Waals surface area (Å²) < 4.78 is 0. The van der Waals surface area contributed by atoms with Crippen molar-refractivity contribution in [2.45, 2.75) is 103 Å². The molecule has 2 heteroatoms. The summed E-state index contributed by atoms with van der Waals surface area (Å²) in [6.45, 7) is 6.17. The molecule has 0 atom stereocenters. The second-order valence-corrected chi connectivity index (χ2v) is 7.29. The zero-order chi connectivity index (χ0) is 14.7. The van der Waals surface area contributed by atoms with Crippen LogP contribution in [-0.2, 0) is 0 Å². The van der Waals surface area contributed by atoms with Gasteiger partial charge in [-0.1, -0.05) is 97.3 Å². The molecule has 0 saturated heterocycles. The smallest absolute Gasteiger partial charge is 0.00675 e. The first-order valence-corrected chi connectivity index (χ1v) is 10.4. The first-order valence-electron chi connectivity index (χ1n) is 9.28. The molecule has 0 saturated carbocycles. The maximum absolute atomic E-state index is 3.89. The van der Waals surface area contributed by atoms with E-state index in [0.29, 0.717) is 0 Å². The van der Waals surface area contributed by atoms with E-state index in [1.54, 1.807) is 0 Å². The molecule has 21 heavy (non-hydrogen) atoms. The first kappa shape index (κ1) is 23.6.